The molecule has 0 saturated carbocycles. The Hall–Kier alpha value is -1.49. The Labute approximate surface area is 91.8 Å². The van der Waals surface area contributed by atoms with Crippen LogP contribution in [0.25, 0.3) is 0 Å². The average molecular weight is 226 g/mol. The summed E-state index contributed by atoms with van der Waals surface area (Å²) in [6.07, 6.45) is 1.34. The van der Waals surface area contributed by atoms with Crippen LogP contribution in [-0.4, -0.2) is 18.5 Å². The fourth-order valence-electron chi connectivity index (χ4n) is 1.84. The molecule has 0 spiro atoms. The van der Waals surface area contributed by atoms with Gasteiger partial charge in [-0.2, -0.15) is 0 Å². The van der Waals surface area contributed by atoms with Crippen molar-refractivity contribution >= 4 is 11.6 Å². The molecule has 2 N–H and O–H groups in total. The first-order valence-corrected chi connectivity index (χ1v) is 5.11. The topological polar surface area (TPSA) is 46.3 Å². The lowest BCUT2D eigenvalue weighted by molar-refractivity contribution is -0.120. The van der Waals surface area contributed by atoms with Crippen LogP contribution in [0.3, 0.4) is 0 Å². The summed E-state index contributed by atoms with van der Waals surface area (Å²) < 4.78 is 26.2. The number of halogens is 2. The van der Waals surface area contributed by atoms with Crippen LogP contribution in [0.4, 0.5) is 14.5 Å². The van der Waals surface area contributed by atoms with E-state index >= 15 is 0 Å². The number of hydrogen-bond donors (Lipinski definition) is 1. The molecule has 1 aromatic rings. The van der Waals surface area contributed by atoms with Gasteiger partial charge in [0.2, 0.25) is 5.91 Å². The number of amides is 1. The first kappa shape index (κ1) is 11.0. The largest absolute Gasteiger partial charge is 0.320 e. The molecular weight excluding hydrogens is 214 g/mol. The molecule has 0 radical (unpaired) electrons. The van der Waals surface area contributed by atoms with E-state index in [4.69, 9.17) is 5.73 Å². The number of hydrogen-bond acceptors (Lipinski definition) is 2. The lowest BCUT2D eigenvalue weighted by Gasteiger charge is -2.30. The van der Waals surface area contributed by atoms with Crippen molar-refractivity contribution in [3.63, 3.8) is 0 Å². The van der Waals surface area contributed by atoms with E-state index in [1.54, 1.807) is 0 Å². The van der Waals surface area contributed by atoms with E-state index in [-0.39, 0.29) is 11.6 Å². The maximum Gasteiger partial charge on any atom is 0.243 e. The molecule has 86 valence electrons. The minimum atomic E-state index is -0.734. The van der Waals surface area contributed by atoms with Gasteiger partial charge >= 0.3 is 0 Å². The molecule has 3 nitrogen and oxygen atoms in total. The molecule has 1 amide bonds. The Balaban J connectivity index is 2.32. The number of benzene rings is 1. The number of nitrogens with zero attached hydrogens (tertiary/aromatic N) is 1. The molecule has 1 unspecified atom stereocenters. The average Bonchev–Trinajstić information content (AvgIpc) is 2.23. The van der Waals surface area contributed by atoms with Crippen LogP contribution in [0.1, 0.15) is 12.8 Å². The number of piperidine rings is 1. The van der Waals surface area contributed by atoms with E-state index < -0.39 is 17.7 Å². The predicted molar refractivity (Wildman–Crippen MR) is 55.9 cm³/mol. The Morgan fingerprint density at radius 1 is 1.38 bits per heavy atom. The van der Waals surface area contributed by atoms with Crippen molar-refractivity contribution in [2.24, 2.45) is 5.73 Å². The second kappa shape index (κ2) is 4.17. The number of rotatable bonds is 1. The predicted octanol–water partition coefficient (Wildman–Crippen LogP) is 1.42. The van der Waals surface area contributed by atoms with E-state index in [9.17, 15) is 13.6 Å². The monoisotopic (exact) mass is 226 g/mol. The van der Waals surface area contributed by atoms with Gasteiger partial charge in [0.15, 0.2) is 0 Å². The normalized spacial score (nSPS) is 21.3. The molecule has 1 aromatic carbocycles. The number of nitrogens with two attached hydrogens (primary N) is 1. The fraction of sp³-hybridized carbons (Fsp3) is 0.364. The molecule has 0 bridgehead atoms. The third-order valence-electron chi connectivity index (χ3n) is 2.68. The fourth-order valence-corrected chi connectivity index (χ4v) is 1.84. The zero-order valence-electron chi connectivity index (χ0n) is 8.62. The highest BCUT2D eigenvalue weighted by Gasteiger charge is 2.28. The zero-order valence-corrected chi connectivity index (χ0v) is 8.62. The van der Waals surface area contributed by atoms with Gasteiger partial charge in [-0.1, -0.05) is 0 Å². The smallest absolute Gasteiger partial charge is 0.243 e. The molecule has 5 heteroatoms. The minimum Gasteiger partial charge on any atom is -0.320 e. The van der Waals surface area contributed by atoms with Gasteiger partial charge in [-0.05, 0) is 25.0 Å². The summed E-state index contributed by atoms with van der Waals surface area (Å²) in [4.78, 5) is 13.0. The molecule has 0 aliphatic carbocycles. The highest BCUT2D eigenvalue weighted by molar-refractivity contribution is 5.97. The molecule has 1 fully saturated rings. The SMILES string of the molecule is NC1CCCN(c2ccc(F)cc2F)C1=O. The van der Waals surface area contributed by atoms with Crippen LogP contribution in [0, 0.1) is 11.6 Å². The second-order valence-electron chi connectivity index (χ2n) is 3.83. The quantitative estimate of drug-likeness (QED) is 0.787. The zero-order chi connectivity index (χ0) is 11.7. The molecular formula is C11H12F2N2O. The Morgan fingerprint density at radius 2 is 2.12 bits per heavy atom. The van der Waals surface area contributed by atoms with Gasteiger partial charge in [0.1, 0.15) is 11.6 Å². The summed E-state index contributed by atoms with van der Waals surface area (Å²) in [6.45, 7) is 0.426. The standard InChI is InChI=1S/C11H12F2N2O/c12-7-3-4-10(8(13)6-7)15-5-1-2-9(14)11(15)16/h3-4,6,9H,1-2,5,14H2. The summed E-state index contributed by atoms with van der Waals surface area (Å²) in [7, 11) is 0. The first-order chi connectivity index (χ1) is 7.59. The van der Waals surface area contributed by atoms with Gasteiger partial charge in [0.05, 0.1) is 11.7 Å². The van der Waals surface area contributed by atoms with Crippen molar-refractivity contribution in [3.8, 4) is 0 Å². The third-order valence-corrected chi connectivity index (χ3v) is 2.68. The van der Waals surface area contributed by atoms with Crippen LogP contribution >= 0.6 is 0 Å². The highest BCUT2D eigenvalue weighted by Crippen LogP contribution is 2.24. The molecule has 1 saturated heterocycles. The van der Waals surface area contributed by atoms with Crippen molar-refractivity contribution in [1.82, 2.24) is 0 Å². The van der Waals surface area contributed by atoms with Gasteiger partial charge in [-0.3, -0.25) is 4.79 Å². The summed E-state index contributed by atoms with van der Waals surface area (Å²) in [5, 5.41) is 0. The number of carbonyl (C=O) groups excluding carboxylic acids is 1. The van der Waals surface area contributed by atoms with Crippen molar-refractivity contribution in [2.45, 2.75) is 18.9 Å². The van der Waals surface area contributed by atoms with Gasteiger partial charge in [0, 0.05) is 12.6 Å². The van der Waals surface area contributed by atoms with Gasteiger partial charge in [0.25, 0.3) is 0 Å². The van der Waals surface area contributed by atoms with Gasteiger partial charge in [-0.15, -0.1) is 0 Å². The van der Waals surface area contributed by atoms with Crippen LogP contribution < -0.4 is 10.6 Å². The summed E-state index contributed by atoms with van der Waals surface area (Å²) in [5.41, 5.74) is 5.70. The van der Waals surface area contributed by atoms with Crippen molar-refractivity contribution in [3.05, 3.63) is 29.8 Å². The second-order valence-corrected chi connectivity index (χ2v) is 3.83. The molecule has 1 aliphatic rings. The molecule has 1 aliphatic heterocycles. The Kier molecular flexibility index (Phi) is 2.87. The lowest BCUT2D eigenvalue weighted by Crippen LogP contribution is -2.48. The van der Waals surface area contributed by atoms with E-state index in [1.165, 1.54) is 11.0 Å². The third kappa shape index (κ3) is 1.90. The Bertz CT molecular complexity index is 422. The molecule has 2 rings (SSSR count). The van der Waals surface area contributed by atoms with Crippen molar-refractivity contribution in [2.75, 3.05) is 11.4 Å². The molecule has 1 heterocycles. The number of anilines is 1. The Morgan fingerprint density at radius 3 is 2.81 bits per heavy atom. The van der Waals surface area contributed by atoms with E-state index in [0.29, 0.717) is 13.0 Å². The maximum absolute atomic E-state index is 13.5. The lowest BCUT2D eigenvalue weighted by atomic mass is 10.0. The van der Waals surface area contributed by atoms with Gasteiger partial charge < -0.3 is 10.6 Å². The first-order valence-electron chi connectivity index (χ1n) is 5.11. The highest BCUT2D eigenvalue weighted by atomic mass is 19.1. The molecule has 1 atom stereocenters. The van der Waals surface area contributed by atoms with Crippen LogP contribution in [0.5, 0.6) is 0 Å². The minimum absolute atomic E-state index is 0.0987. The van der Waals surface area contributed by atoms with Crippen LogP contribution in [0.2, 0.25) is 0 Å². The van der Waals surface area contributed by atoms with E-state index in [1.807, 2.05) is 0 Å². The van der Waals surface area contributed by atoms with E-state index in [2.05, 4.69) is 0 Å². The van der Waals surface area contributed by atoms with Crippen molar-refractivity contribution < 1.29 is 13.6 Å². The summed E-state index contributed by atoms with van der Waals surface area (Å²) in [5.74, 6) is -1.70. The van der Waals surface area contributed by atoms with Crippen LogP contribution in [0.15, 0.2) is 18.2 Å². The summed E-state index contributed by atoms with van der Waals surface area (Å²) in [6, 6.07) is 2.58. The number of carbonyl (C=O) groups is 1. The molecule has 0 aromatic heterocycles. The maximum atomic E-state index is 13.5. The van der Waals surface area contributed by atoms with Crippen molar-refractivity contribution in [1.29, 1.82) is 0 Å². The van der Waals surface area contributed by atoms with Gasteiger partial charge in [-0.25, -0.2) is 8.78 Å². The summed E-state index contributed by atoms with van der Waals surface area (Å²) >= 11 is 0. The van der Waals surface area contributed by atoms with Crippen LogP contribution in [-0.2, 0) is 4.79 Å². The molecule has 16 heavy (non-hydrogen) atoms. The van der Waals surface area contributed by atoms with E-state index in [0.717, 1.165) is 18.6 Å².